The number of hydrogen-bond acceptors (Lipinski definition) is 2. The Morgan fingerprint density at radius 3 is 2.44 bits per heavy atom. The van der Waals surface area contributed by atoms with Gasteiger partial charge in [0, 0.05) is 36.8 Å². The fraction of sp³-hybridized carbons (Fsp3) is 0.381. The summed E-state index contributed by atoms with van der Waals surface area (Å²) in [6.07, 6.45) is 0. The van der Waals surface area contributed by atoms with E-state index in [0.29, 0.717) is 5.92 Å². The maximum Gasteiger partial charge on any atom is 0.253 e. The van der Waals surface area contributed by atoms with E-state index in [9.17, 15) is 4.79 Å². The minimum absolute atomic E-state index is 0.114. The molecule has 0 spiro atoms. The van der Waals surface area contributed by atoms with E-state index in [0.717, 1.165) is 47.9 Å². The van der Waals surface area contributed by atoms with Crippen LogP contribution < -0.4 is 0 Å². The Kier molecular flexibility index (Phi) is 5.45. The molecule has 0 unspecified atom stereocenters. The van der Waals surface area contributed by atoms with Crippen LogP contribution in [0.5, 0.6) is 0 Å². The van der Waals surface area contributed by atoms with Crippen LogP contribution in [0, 0.1) is 0 Å². The van der Waals surface area contributed by atoms with Crippen LogP contribution in [0.3, 0.4) is 0 Å². The Morgan fingerprint density at radius 1 is 1.04 bits per heavy atom. The Bertz CT molecular complexity index is 764. The van der Waals surface area contributed by atoms with E-state index in [1.165, 1.54) is 5.56 Å². The molecule has 3 nitrogen and oxygen atoms in total. The van der Waals surface area contributed by atoms with Crippen LogP contribution in [-0.4, -0.2) is 48.9 Å². The average Bonchev–Trinajstić information content (AvgIpc) is 2.61. The Balaban J connectivity index is 1.92. The smallest absolute Gasteiger partial charge is 0.253 e. The fourth-order valence-electron chi connectivity index (χ4n) is 3.29. The van der Waals surface area contributed by atoms with Crippen molar-refractivity contribution in [2.24, 2.45) is 0 Å². The van der Waals surface area contributed by atoms with Gasteiger partial charge in [0.05, 0.1) is 0 Å². The molecular formula is C21H25ClN2O. The van der Waals surface area contributed by atoms with Crippen molar-refractivity contribution in [1.29, 1.82) is 0 Å². The Morgan fingerprint density at radius 2 is 1.76 bits per heavy atom. The van der Waals surface area contributed by atoms with Crippen LogP contribution in [0.4, 0.5) is 0 Å². The summed E-state index contributed by atoms with van der Waals surface area (Å²) in [6.45, 7) is 7.77. The molecule has 1 amide bonds. The summed E-state index contributed by atoms with van der Waals surface area (Å²) in [4.78, 5) is 17.1. The second kappa shape index (κ2) is 7.59. The zero-order chi connectivity index (χ0) is 18.0. The first-order valence-corrected chi connectivity index (χ1v) is 9.21. The molecule has 1 aliphatic heterocycles. The molecule has 0 atom stereocenters. The van der Waals surface area contributed by atoms with Crippen molar-refractivity contribution in [1.82, 2.24) is 9.80 Å². The van der Waals surface area contributed by atoms with Crippen LogP contribution >= 0.6 is 11.6 Å². The van der Waals surface area contributed by atoms with E-state index in [4.69, 9.17) is 11.6 Å². The molecule has 1 fully saturated rings. The molecule has 0 saturated carbocycles. The van der Waals surface area contributed by atoms with E-state index in [1.54, 1.807) is 0 Å². The minimum Gasteiger partial charge on any atom is -0.336 e. The largest absolute Gasteiger partial charge is 0.336 e. The number of benzene rings is 2. The number of hydrogen-bond donors (Lipinski definition) is 0. The summed E-state index contributed by atoms with van der Waals surface area (Å²) in [6, 6.07) is 13.9. The lowest BCUT2D eigenvalue weighted by Crippen LogP contribution is -2.47. The molecule has 0 bridgehead atoms. The van der Waals surface area contributed by atoms with Crippen LogP contribution in [0.2, 0.25) is 5.02 Å². The fourth-order valence-corrected chi connectivity index (χ4v) is 3.47. The van der Waals surface area contributed by atoms with Gasteiger partial charge in [-0.05, 0) is 53.9 Å². The van der Waals surface area contributed by atoms with Gasteiger partial charge in [-0.2, -0.15) is 0 Å². The standard InChI is InChI=1S/C21H25ClN2O/c1-15(2)19-8-7-18(22)14-20(19)16-5-4-6-17(13-16)21(25)24-11-9-23(3)10-12-24/h4-8,13-15H,9-12H2,1-3H3. The van der Waals surface area contributed by atoms with E-state index in [-0.39, 0.29) is 5.91 Å². The number of piperazine rings is 1. The molecule has 132 valence electrons. The van der Waals surface area contributed by atoms with E-state index in [1.807, 2.05) is 35.2 Å². The lowest BCUT2D eigenvalue weighted by atomic mass is 9.92. The van der Waals surface area contributed by atoms with Crippen molar-refractivity contribution >= 4 is 17.5 Å². The maximum absolute atomic E-state index is 12.9. The third-order valence-corrected chi connectivity index (χ3v) is 5.08. The molecule has 2 aromatic carbocycles. The molecular weight excluding hydrogens is 332 g/mol. The number of carbonyl (C=O) groups excluding carboxylic acids is 1. The summed E-state index contributed by atoms with van der Waals surface area (Å²) in [5.74, 6) is 0.507. The van der Waals surface area contributed by atoms with Gasteiger partial charge in [0.15, 0.2) is 0 Å². The highest BCUT2D eigenvalue weighted by Crippen LogP contribution is 2.32. The molecule has 0 aromatic heterocycles. The van der Waals surface area contributed by atoms with Crippen molar-refractivity contribution in [3.63, 3.8) is 0 Å². The number of halogens is 1. The Hall–Kier alpha value is -1.84. The summed E-state index contributed by atoms with van der Waals surface area (Å²) in [5.41, 5.74) is 4.15. The average molecular weight is 357 g/mol. The normalized spacial score (nSPS) is 15.6. The number of rotatable bonds is 3. The molecule has 0 radical (unpaired) electrons. The summed E-state index contributed by atoms with van der Waals surface area (Å²) >= 11 is 6.23. The van der Waals surface area contributed by atoms with Gasteiger partial charge in [0.2, 0.25) is 0 Å². The van der Waals surface area contributed by atoms with Crippen molar-refractivity contribution in [2.75, 3.05) is 33.2 Å². The lowest BCUT2D eigenvalue weighted by Gasteiger charge is -2.32. The summed E-state index contributed by atoms with van der Waals surface area (Å²) in [7, 11) is 2.09. The summed E-state index contributed by atoms with van der Waals surface area (Å²) < 4.78 is 0. The molecule has 2 aromatic rings. The van der Waals surface area contributed by atoms with Crippen molar-refractivity contribution < 1.29 is 4.79 Å². The SMILES string of the molecule is CC(C)c1ccc(Cl)cc1-c1cccc(C(=O)N2CCN(C)CC2)c1. The molecule has 4 heteroatoms. The molecule has 1 saturated heterocycles. The quantitative estimate of drug-likeness (QED) is 0.807. The van der Waals surface area contributed by atoms with E-state index in [2.05, 4.69) is 37.9 Å². The van der Waals surface area contributed by atoms with Crippen LogP contribution in [0.15, 0.2) is 42.5 Å². The highest BCUT2D eigenvalue weighted by atomic mass is 35.5. The number of nitrogens with zero attached hydrogens (tertiary/aromatic N) is 2. The topological polar surface area (TPSA) is 23.6 Å². The predicted molar refractivity (Wildman–Crippen MR) is 104 cm³/mol. The zero-order valence-electron chi connectivity index (χ0n) is 15.1. The zero-order valence-corrected chi connectivity index (χ0v) is 15.9. The van der Waals surface area contributed by atoms with Crippen LogP contribution in [0.25, 0.3) is 11.1 Å². The molecule has 25 heavy (non-hydrogen) atoms. The third kappa shape index (κ3) is 4.05. The van der Waals surface area contributed by atoms with Gasteiger partial charge < -0.3 is 9.80 Å². The van der Waals surface area contributed by atoms with Gasteiger partial charge >= 0.3 is 0 Å². The van der Waals surface area contributed by atoms with E-state index >= 15 is 0 Å². The minimum atomic E-state index is 0.114. The second-order valence-electron chi connectivity index (χ2n) is 7.06. The van der Waals surface area contributed by atoms with E-state index < -0.39 is 0 Å². The van der Waals surface area contributed by atoms with Gasteiger partial charge in [-0.1, -0.05) is 43.6 Å². The van der Waals surface area contributed by atoms with Crippen molar-refractivity contribution in [2.45, 2.75) is 19.8 Å². The second-order valence-corrected chi connectivity index (χ2v) is 7.50. The monoisotopic (exact) mass is 356 g/mol. The highest BCUT2D eigenvalue weighted by Gasteiger charge is 2.21. The van der Waals surface area contributed by atoms with Gasteiger partial charge in [-0.15, -0.1) is 0 Å². The van der Waals surface area contributed by atoms with Gasteiger partial charge in [-0.3, -0.25) is 4.79 Å². The first kappa shape index (κ1) is 18.0. The lowest BCUT2D eigenvalue weighted by molar-refractivity contribution is 0.0664. The molecule has 1 aliphatic rings. The molecule has 3 rings (SSSR count). The van der Waals surface area contributed by atoms with Gasteiger partial charge in [0.1, 0.15) is 0 Å². The van der Waals surface area contributed by atoms with Crippen molar-refractivity contribution in [3.8, 4) is 11.1 Å². The number of likely N-dealkylation sites (N-methyl/N-ethyl adjacent to an activating group) is 1. The third-order valence-electron chi connectivity index (χ3n) is 4.85. The van der Waals surface area contributed by atoms with Crippen LogP contribution in [-0.2, 0) is 0 Å². The first-order chi connectivity index (χ1) is 12.0. The number of carbonyl (C=O) groups is 1. The van der Waals surface area contributed by atoms with Crippen LogP contribution in [0.1, 0.15) is 35.7 Å². The summed E-state index contributed by atoms with van der Waals surface area (Å²) in [5, 5.41) is 0.718. The Labute approximate surface area is 155 Å². The first-order valence-electron chi connectivity index (χ1n) is 8.83. The highest BCUT2D eigenvalue weighted by molar-refractivity contribution is 6.30. The van der Waals surface area contributed by atoms with Gasteiger partial charge in [-0.25, -0.2) is 0 Å². The van der Waals surface area contributed by atoms with Gasteiger partial charge in [0.25, 0.3) is 5.91 Å². The van der Waals surface area contributed by atoms with Crippen molar-refractivity contribution in [3.05, 3.63) is 58.6 Å². The number of amides is 1. The molecule has 1 heterocycles. The molecule has 0 N–H and O–H groups in total. The maximum atomic E-state index is 12.9. The molecule has 0 aliphatic carbocycles. The predicted octanol–water partition coefficient (Wildman–Crippen LogP) is 4.52.